The molecule has 0 heterocycles. The van der Waals surface area contributed by atoms with Gasteiger partial charge in [0.2, 0.25) is 5.91 Å². The van der Waals surface area contributed by atoms with Crippen LogP contribution in [0.4, 0.5) is 0 Å². The van der Waals surface area contributed by atoms with Crippen LogP contribution in [-0.2, 0) is 4.79 Å². The largest absolute Gasteiger partial charge is 0.368 e. The molecule has 3 heteroatoms. The minimum Gasteiger partial charge on any atom is -0.368 e. The maximum atomic E-state index is 11.6. The highest BCUT2D eigenvalue weighted by Crippen LogP contribution is 2.29. The van der Waals surface area contributed by atoms with Crippen LogP contribution in [0.2, 0.25) is 0 Å². The van der Waals surface area contributed by atoms with Crippen molar-refractivity contribution in [2.75, 3.05) is 0 Å². The van der Waals surface area contributed by atoms with Gasteiger partial charge in [0, 0.05) is 0 Å². The van der Waals surface area contributed by atoms with E-state index in [0.717, 1.165) is 38.5 Å². The van der Waals surface area contributed by atoms with E-state index in [1.165, 1.54) is 51.4 Å². The van der Waals surface area contributed by atoms with Gasteiger partial charge in [-0.2, -0.15) is 0 Å². The topological polar surface area (TPSA) is 43.1 Å². The number of unbranched alkanes of at least 4 members (excludes halogenated alkanes) is 10. The number of carbonyl (C=O) groups excluding carboxylic acids is 1. The maximum Gasteiger partial charge on any atom is 0.238 e. The molecule has 0 aliphatic heterocycles. The molecule has 0 saturated heterocycles. The zero-order valence-electron chi connectivity index (χ0n) is 14.3. The standard InChI is InChI=1S/C18H36ClNO/c1-3-5-7-9-11-13-15-18(19,17(20)21)16-14-12-10-8-6-4-2/h3-16H2,1-2H3,(H2,20,21). The Hall–Kier alpha value is -0.240. The quantitative estimate of drug-likeness (QED) is 0.294. The summed E-state index contributed by atoms with van der Waals surface area (Å²) >= 11 is 6.48. The molecule has 1 amide bonds. The van der Waals surface area contributed by atoms with E-state index in [9.17, 15) is 4.79 Å². The monoisotopic (exact) mass is 317 g/mol. The zero-order chi connectivity index (χ0) is 16.0. The first kappa shape index (κ1) is 20.8. The zero-order valence-corrected chi connectivity index (χ0v) is 15.0. The summed E-state index contributed by atoms with van der Waals surface area (Å²) in [6, 6.07) is 0. The Bertz CT molecular complexity index is 240. The van der Waals surface area contributed by atoms with E-state index in [1.54, 1.807) is 0 Å². The minimum atomic E-state index is -0.796. The molecule has 0 atom stereocenters. The molecule has 126 valence electrons. The van der Waals surface area contributed by atoms with Crippen molar-refractivity contribution in [2.24, 2.45) is 5.73 Å². The van der Waals surface area contributed by atoms with Crippen LogP contribution in [0.15, 0.2) is 0 Å². The molecule has 0 spiro atoms. The van der Waals surface area contributed by atoms with Gasteiger partial charge in [0.25, 0.3) is 0 Å². The third kappa shape index (κ3) is 11.0. The SMILES string of the molecule is CCCCCCCCC(Cl)(CCCCCCCC)C(N)=O. The van der Waals surface area contributed by atoms with Crippen LogP contribution in [0.3, 0.4) is 0 Å². The molecule has 0 rings (SSSR count). The molecule has 2 nitrogen and oxygen atoms in total. The first-order valence-electron chi connectivity index (χ1n) is 9.05. The molecule has 0 unspecified atom stereocenters. The average Bonchev–Trinajstić information content (AvgIpc) is 2.46. The number of carbonyl (C=O) groups is 1. The molecule has 21 heavy (non-hydrogen) atoms. The van der Waals surface area contributed by atoms with Gasteiger partial charge in [-0.15, -0.1) is 11.6 Å². The molecule has 0 saturated carbocycles. The van der Waals surface area contributed by atoms with Crippen molar-refractivity contribution in [1.29, 1.82) is 0 Å². The van der Waals surface area contributed by atoms with Crippen LogP contribution in [0, 0.1) is 0 Å². The van der Waals surface area contributed by atoms with Gasteiger partial charge in [-0.1, -0.05) is 90.9 Å². The smallest absolute Gasteiger partial charge is 0.238 e. The van der Waals surface area contributed by atoms with Crippen LogP contribution in [0.1, 0.15) is 104 Å². The highest BCUT2D eigenvalue weighted by atomic mass is 35.5. The fourth-order valence-electron chi connectivity index (χ4n) is 2.74. The molecule has 0 aromatic heterocycles. The second kappa shape index (κ2) is 13.4. The fourth-order valence-corrected chi connectivity index (χ4v) is 3.01. The predicted molar refractivity (Wildman–Crippen MR) is 93.8 cm³/mol. The Labute approximate surface area is 137 Å². The average molecular weight is 318 g/mol. The van der Waals surface area contributed by atoms with Crippen molar-refractivity contribution in [2.45, 2.75) is 109 Å². The third-order valence-electron chi connectivity index (χ3n) is 4.29. The molecule has 0 fully saturated rings. The predicted octanol–water partition coefficient (Wildman–Crippen LogP) is 5.95. The van der Waals surface area contributed by atoms with Crippen molar-refractivity contribution in [1.82, 2.24) is 0 Å². The van der Waals surface area contributed by atoms with E-state index >= 15 is 0 Å². The van der Waals surface area contributed by atoms with E-state index in [4.69, 9.17) is 17.3 Å². The fraction of sp³-hybridized carbons (Fsp3) is 0.944. The number of alkyl halides is 1. The van der Waals surface area contributed by atoms with Crippen molar-refractivity contribution >= 4 is 17.5 Å². The van der Waals surface area contributed by atoms with Gasteiger partial charge in [-0.05, 0) is 12.8 Å². The summed E-state index contributed by atoms with van der Waals surface area (Å²) in [5.74, 6) is -0.328. The lowest BCUT2D eigenvalue weighted by molar-refractivity contribution is -0.121. The summed E-state index contributed by atoms with van der Waals surface area (Å²) in [5.41, 5.74) is 5.52. The van der Waals surface area contributed by atoms with Crippen molar-refractivity contribution in [3.8, 4) is 0 Å². The van der Waals surface area contributed by atoms with Gasteiger partial charge >= 0.3 is 0 Å². The molecular weight excluding hydrogens is 282 g/mol. The number of nitrogens with two attached hydrogens (primary N) is 1. The first-order chi connectivity index (χ1) is 10.1. The number of amides is 1. The number of primary amides is 1. The van der Waals surface area contributed by atoms with Crippen LogP contribution < -0.4 is 5.73 Å². The van der Waals surface area contributed by atoms with Gasteiger partial charge < -0.3 is 5.73 Å². The van der Waals surface area contributed by atoms with Gasteiger partial charge in [-0.3, -0.25) is 4.79 Å². The molecule has 0 aromatic carbocycles. The van der Waals surface area contributed by atoms with Crippen molar-refractivity contribution in [3.05, 3.63) is 0 Å². The normalized spacial score (nSPS) is 11.8. The van der Waals surface area contributed by atoms with Crippen LogP contribution in [0.25, 0.3) is 0 Å². The summed E-state index contributed by atoms with van der Waals surface area (Å²) in [6.07, 6.45) is 16.1. The second-order valence-corrected chi connectivity index (χ2v) is 7.09. The van der Waals surface area contributed by atoms with Crippen molar-refractivity contribution < 1.29 is 4.79 Å². The Morgan fingerprint density at radius 3 is 1.43 bits per heavy atom. The van der Waals surface area contributed by atoms with E-state index in [-0.39, 0.29) is 5.91 Å². The number of rotatable bonds is 15. The van der Waals surface area contributed by atoms with Crippen LogP contribution in [0.5, 0.6) is 0 Å². The third-order valence-corrected chi connectivity index (χ3v) is 4.86. The van der Waals surface area contributed by atoms with E-state index in [1.807, 2.05) is 0 Å². The molecule has 2 N–H and O–H groups in total. The molecule has 0 aliphatic carbocycles. The van der Waals surface area contributed by atoms with E-state index in [2.05, 4.69) is 13.8 Å². The van der Waals surface area contributed by atoms with Gasteiger partial charge in [0.05, 0.1) is 0 Å². The van der Waals surface area contributed by atoms with E-state index in [0.29, 0.717) is 0 Å². The minimum absolute atomic E-state index is 0.328. The lowest BCUT2D eigenvalue weighted by Crippen LogP contribution is -2.38. The number of hydrogen-bond donors (Lipinski definition) is 1. The molecule has 0 bridgehead atoms. The lowest BCUT2D eigenvalue weighted by atomic mass is 9.92. The maximum absolute atomic E-state index is 11.6. The highest BCUT2D eigenvalue weighted by Gasteiger charge is 2.32. The first-order valence-corrected chi connectivity index (χ1v) is 9.43. The number of halogens is 1. The van der Waals surface area contributed by atoms with Gasteiger partial charge in [0.1, 0.15) is 4.87 Å². The Kier molecular flexibility index (Phi) is 13.3. The molecular formula is C18H36ClNO. The Morgan fingerprint density at radius 1 is 0.762 bits per heavy atom. The van der Waals surface area contributed by atoms with E-state index < -0.39 is 4.87 Å². The molecule has 0 radical (unpaired) electrons. The summed E-state index contributed by atoms with van der Waals surface area (Å²) < 4.78 is 0. The summed E-state index contributed by atoms with van der Waals surface area (Å²) in [4.78, 5) is 10.8. The van der Waals surface area contributed by atoms with Gasteiger partial charge in [0.15, 0.2) is 0 Å². The highest BCUT2D eigenvalue weighted by molar-refractivity contribution is 6.34. The lowest BCUT2D eigenvalue weighted by Gasteiger charge is -2.23. The summed E-state index contributed by atoms with van der Waals surface area (Å²) in [5, 5.41) is 0. The number of hydrogen-bond acceptors (Lipinski definition) is 1. The Morgan fingerprint density at radius 2 is 1.10 bits per heavy atom. The summed E-state index contributed by atoms with van der Waals surface area (Å²) in [7, 11) is 0. The summed E-state index contributed by atoms with van der Waals surface area (Å²) in [6.45, 7) is 4.44. The van der Waals surface area contributed by atoms with Crippen molar-refractivity contribution in [3.63, 3.8) is 0 Å². The Balaban J connectivity index is 3.82. The molecule has 0 aliphatic rings. The second-order valence-electron chi connectivity index (χ2n) is 6.37. The van der Waals surface area contributed by atoms with Gasteiger partial charge in [-0.25, -0.2) is 0 Å². The van der Waals surface area contributed by atoms with Crippen LogP contribution in [-0.4, -0.2) is 10.8 Å². The molecule has 0 aromatic rings. The van der Waals surface area contributed by atoms with Crippen LogP contribution >= 0.6 is 11.6 Å².